The van der Waals surface area contributed by atoms with Gasteiger partial charge in [-0.25, -0.2) is 0 Å². The maximum absolute atomic E-state index is 3.67. The number of piperidine rings is 1. The summed E-state index contributed by atoms with van der Waals surface area (Å²) in [6, 6.07) is 9.72. The molecule has 1 aromatic rings. The zero-order chi connectivity index (χ0) is 13.5. The van der Waals surface area contributed by atoms with Crippen molar-refractivity contribution in [2.75, 3.05) is 25.5 Å². The minimum absolute atomic E-state index is 0.655. The zero-order valence-corrected chi connectivity index (χ0v) is 12.5. The first-order chi connectivity index (χ1) is 9.28. The van der Waals surface area contributed by atoms with Gasteiger partial charge < -0.3 is 10.2 Å². The fourth-order valence-electron chi connectivity index (χ4n) is 2.74. The molecule has 0 amide bonds. The summed E-state index contributed by atoms with van der Waals surface area (Å²) in [6.45, 7) is 4.69. The highest BCUT2D eigenvalue weighted by atomic mass is 15.1. The van der Waals surface area contributed by atoms with Crippen molar-refractivity contribution >= 4 is 5.69 Å². The number of hydrogen-bond donors (Lipinski definition) is 1. The fourth-order valence-corrected chi connectivity index (χ4v) is 2.74. The van der Waals surface area contributed by atoms with Crippen LogP contribution in [0.15, 0.2) is 24.3 Å². The maximum Gasteiger partial charge on any atom is 0.0342 e. The molecule has 1 aliphatic rings. The summed E-state index contributed by atoms with van der Waals surface area (Å²) >= 11 is 0. The van der Waals surface area contributed by atoms with Crippen LogP contribution in [0.2, 0.25) is 0 Å². The molecule has 0 atom stereocenters. The number of benzene rings is 1. The monoisotopic (exact) mass is 260 g/mol. The van der Waals surface area contributed by atoms with E-state index in [9.17, 15) is 0 Å². The first kappa shape index (κ1) is 14.4. The predicted molar refractivity (Wildman–Crippen MR) is 83.8 cm³/mol. The Kier molecular flexibility index (Phi) is 5.71. The summed E-state index contributed by atoms with van der Waals surface area (Å²) in [5.41, 5.74) is 2.76. The van der Waals surface area contributed by atoms with Crippen molar-refractivity contribution < 1.29 is 0 Å². The second-order valence-electron chi connectivity index (χ2n) is 5.88. The molecule has 0 aliphatic carbocycles. The van der Waals surface area contributed by atoms with Crippen LogP contribution in [0.25, 0.3) is 0 Å². The number of rotatable bonds is 6. The standard InChI is InChI=1S/C17H28N2/c1-3-4-5-6-15-7-9-16(10-8-15)18-17-11-13-19(2)14-12-17/h7-10,17-18H,3-6,11-14H2,1-2H3. The molecule has 0 bridgehead atoms. The Morgan fingerprint density at radius 1 is 1.11 bits per heavy atom. The topological polar surface area (TPSA) is 15.3 Å². The Bertz CT molecular complexity index is 350. The summed E-state index contributed by atoms with van der Waals surface area (Å²) < 4.78 is 0. The van der Waals surface area contributed by atoms with E-state index in [0.29, 0.717) is 6.04 Å². The number of nitrogens with one attached hydrogen (secondary N) is 1. The van der Waals surface area contributed by atoms with Crippen LogP contribution in [-0.4, -0.2) is 31.1 Å². The molecule has 0 spiro atoms. The van der Waals surface area contributed by atoms with Crippen LogP contribution in [0.5, 0.6) is 0 Å². The summed E-state index contributed by atoms with van der Waals surface area (Å²) in [7, 11) is 2.21. The van der Waals surface area contributed by atoms with Gasteiger partial charge in [0.2, 0.25) is 0 Å². The Morgan fingerprint density at radius 2 is 1.79 bits per heavy atom. The van der Waals surface area contributed by atoms with E-state index in [2.05, 4.69) is 48.5 Å². The van der Waals surface area contributed by atoms with Gasteiger partial charge in [-0.2, -0.15) is 0 Å². The zero-order valence-electron chi connectivity index (χ0n) is 12.5. The van der Waals surface area contributed by atoms with Crippen LogP contribution < -0.4 is 5.32 Å². The first-order valence-corrected chi connectivity index (χ1v) is 7.82. The molecule has 0 aromatic heterocycles. The lowest BCUT2D eigenvalue weighted by atomic mass is 10.0. The molecule has 0 radical (unpaired) electrons. The van der Waals surface area contributed by atoms with Crippen LogP contribution >= 0.6 is 0 Å². The van der Waals surface area contributed by atoms with Gasteiger partial charge in [-0.3, -0.25) is 0 Å². The van der Waals surface area contributed by atoms with Gasteiger partial charge in [-0.15, -0.1) is 0 Å². The molecule has 1 heterocycles. The van der Waals surface area contributed by atoms with Crippen molar-refractivity contribution in [2.24, 2.45) is 0 Å². The Labute approximate surface area is 118 Å². The second-order valence-corrected chi connectivity index (χ2v) is 5.88. The molecule has 1 N–H and O–H groups in total. The number of hydrogen-bond acceptors (Lipinski definition) is 2. The minimum Gasteiger partial charge on any atom is -0.382 e. The summed E-state index contributed by atoms with van der Waals surface area (Å²) in [4.78, 5) is 2.41. The van der Waals surface area contributed by atoms with Crippen LogP contribution in [0.3, 0.4) is 0 Å². The van der Waals surface area contributed by atoms with Crippen molar-refractivity contribution in [3.63, 3.8) is 0 Å². The van der Waals surface area contributed by atoms with Gasteiger partial charge in [0.15, 0.2) is 0 Å². The molecule has 19 heavy (non-hydrogen) atoms. The van der Waals surface area contributed by atoms with E-state index < -0.39 is 0 Å². The second kappa shape index (κ2) is 7.54. The molecule has 2 nitrogen and oxygen atoms in total. The molecule has 1 fully saturated rings. The highest BCUT2D eigenvalue weighted by Crippen LogP contribution is 2.17. The Balaban J connectivity index is 1.78. The molecule has 2 rings (SSSR count). The Morgan fingerprint density at radius 3 is 2.42 bits per heavy atom. The minimum atomic E-state index is 0.655. The lowest BCUT2D eigenvalue weighted by molar-refractivity contribution is 0.264. The molecule has 0 saturated carbocycles. The number of likely N-dealkylation sites (tertiary alicyclic amines) is 1. The SMILES string of the molecule is CCCCCc1ccc(NC2CCN(C)CC2)cc1. The maximum atomic E-state index is 3.67. The van der Waals surface area contributed by atoms with Gasteiger partial charge in [0.1, 0.15) is 0 Å². The Hall–Kier alpha value is -1.02. The number of nitrogens with zero attached hydrogens (tertiary/aromatic N) is 1. The van der Waals surface area contributed by atoms with Gasteiger partial charge in [0, 0.05) is 11.7 Å². The largest absolute Gasteiger partial charge is 0.382 e. The van der Waals surface area contributed by atoms with E-state index in [-0.39, 0.29) is 0 Å². The van der Waals surface area contributed by atoms with Gasteiger partial charge in [0.05, 0.1) is 0 Å². The van der Waals surface area contributed by atoms with Crippen molar-refractivity contribution in [1.82, 2.24) is 4.90 Å². The van der Waals surface area contributed by atoms with Gasteiger partial charge in [-0.05, 0) is 63.5 Å². The van der Waals surface area contributed by atoms with Crippen LogP contribution in [-0.2, 0) is 6.42 Å². The first-order valence-electron chi connectivity index (χ1n) is 7.82. The van der Waals surface area contributed by atoms with E-state index in [1.54, 1.807) is 0 Å². The summed E-state index contributed by atoms with van der Waals surface area (Å²) in [5, 5.41) is 3.67. The number of unbranched alkanes of at least 4 members (excludes halogenated alkanes) is 2. The van der Waals surface area contributed by atoms with E-state index in [4.69, 9.17) is 0 Å². The van der Waals surface area contributed by atoms with Gasteiger partial charge >= 0.3 is 0 Å². The van der Waals surface area contributed by atoms with Crippen molar-refractivity contribution in [3.8, 4) is 0 Å². The smallest absolute Gasteiger partial charge is 0.0342 e. The number of aryl methyl sites for hydroxylation is 1. The van der Waals surface area contributed by atoms with E-state index in [1.165, 1.54) is 62.9 Å². The molecule has 0 unspecified atom stereocenters. The quantitative estimate of drug-likeness (QED) is 0.780. The van der Waals surface area contributed by atoms with E-state index >= 15 is 0 Å². The van der Waals surface area contributed by atoms with Crippen molar-refractivity contribution in [1.29, 1.82) is 0 Å². The third kappa shape index (κ3) is 4.87. The highest BCUT2D eigenvalue weighted by Gasteiger charge is 2.15. The molecule has 2 heteroatoms. The lowest BCUT2D eigenvalue weighted by Crippen LogP contribution is -2.36. The van der Waals surface area contributed by atoms with E-state index in [0.717, 1.165) is 0 Å². The molecule has 1 aliphatic heterocycles. The average molecular weight is 260 g/mol. The van der Waals surface area contributed by atoms with Crippen LogP contribution in [0.4, 0.5) is 5.69 Å². The van der Waals surface area contributed by atoms with Crippen LogP contribution in [0, 0.1) is 0 Å². The van der Waals surface area contributed by atoms with Gasteiger partial charge in [0.25, 0.3) is 0 Å². The van der Waals surface area contributed by atoms with Crippen molar-refractivity contribution in [2.45, 2.75) is 51.5 Å². The summed E-state index contributed by atoms with van der Waals surface area (Å²) in [5.74, 6) is 0. The predicted octanol–water partition coefficient (Wildman–Crippen LogP) is 3.93. The lowest BCUT2D eigenvalue weighted by Gasteiger charge is -2.30. The van der Waals surface area contributed by atoms with Gasteiger partial charge in [-0.1, -0.05) is 31.9 Å². The average Bonchev–Trinajstić information content (AvgIpc) is 2.44. The molecule has 106 valence electrons. The third-order valence-electron chi connectivity index (χ3n) is 4.11. The normalized spacial score (nSPS) is 17.6. The highest BCUT2D eigenvalue weighted by molar-refractivity contribution is 5.45. The van der Waals surface area contributed by atoms with E-state index in [1.807, 2.05) is 0 Å². The van der Waals surface area contributed by atoms with Crippen molar-refractivity contribution in [3.05, 3.63) is 29.8 Å². The van der Waals surface area contributed by atoms with Crippen LogP contribution in [0.1, 0.15) is 44.6 Å². The third-order valence-corrected chi connectivity index (χ3v) is 4.11. The fraction of sp³-hybridized carbons (Fsp3) is 0.647. The molecular formula is C17H28N2. The molecule has 1 aromatic carbocycles. The molecule has 1 saturated heterocycles. The number of anilines is 1. The molecular weight excluding hydrogens is 232 g/mol. The summed E-state index contributed by atoms with van der Waals surface area (Å²) in [6.07, 6.45) is 7.70.